The fraction of sp³-hybridized carbons (Fsp3) is 0.545. The van der Waals surface area contributed by atoms with E-state index in [2.05, 4.69) is 15.1 Å². The first kappa shape index (κ1) is 11.9. The number of hydrogen-bond donors (Lipinski definition) is 2. The van der Waals surface area contributed by atoms with Crippen molar-refractivity contribution in [2.45, 2.75) is 32.9 Å². The lowest BCUT2D eigenvalue weighted by molar-refractivity contribution is 0.155. The first-order chi connectivity index (χ1) is 7.91. The molecule has 2 rings (SSSR count). The summed E-state index contributed by atoms with van der Waals surface area (Å²) in [5.74, 6) is 0.408. The summed E-state index contributed by atoms with van der Waals surface area (Å²) in [6.45, 7) is 5.57. The van der Waals surface area contributed by atoms with Crippen molar-refractivity contribution in [2.75, 3.05) is 0 Å². The molecule has 0 aliphatic rings. The van der Waals surface area contributed by atoms with Gasteiger partial charge in [0.25, 0.3) is 0 Å². The normalized spacial score (nSPS) is 15.2. The molecule has 0 spiro atoms. The van der Waals surface area contributed by atoms with Crippen LogP contribution >= 0.6 is 0 Å². The second kappa shape index (κ2) is 4.05. The van der Waals surface area contributed by atoms with Crippen molar-refractivity contribution < 1.29 is 5.11 Å². The van der Waals surface area contributed by atoms with E-state index in [4.69, 9.17) is 5.73 Å². The van der Waals surface area contributed by atoms with E-state index in [0.29, 0.717) is 5.82 Å². The molecule has 0 saturated heterocycles. The van der Waals surface area contributed by atoms with Crippen molar-refractivity contribution in [1.82, 2.24) is 19.7 Å². The molecule has 92 valence electrons. The minimum atomic E-state index is -0.942. The summed E-state index contributed by atoms with van der Waals surface area (Å²) in [4.78, 5) is 8.77. The number of rotatable bonds is 2. The number of fused-ring (bicyclic) bond motifs is 1. The van der Waals surface area contributed by atoms with Gasteiger partial charge < -0.3 is 10.8 Å². The second-order valence-corrected chi connectivity index (χ2v) is 4.34. The first-order valence-corrected chi connectivity index (χ1v) is 5.53. The Morgan fingerprint density at radius 2 is 1.94 bits per heavy atom. The third-order valence-corrected chi connectivity index (χ3v) is 2.93. The van der Waals surface area contributed by atoms with E-state index >= 15 is 0 Å². The van der Waals surface area contributed by atoms with E-state index in [9.17, 15) is 5.11 Å². The number of nitrogens with two attached hydrogens (primary N) is 1. The van der Waals surface area contributed by atoms with Crippen LogP contribution in [0.2, 0.25) is 0 Å². The highest BCUT2D eigenvalue weighted by molar-refractivity contribution is 5.80. The lowest BCUT2D eigenvalue weighted by atomic mass is 10.0. The van der Waals surface area contributed by atoms with Gasteiger partial charge in [0.1, 0.15) is 23.1 Å². The van der Waals surface area contributed by atoms with E-state index in [1.807, 2.05) is 27.8 Å². The lowest BCUT2D eigenvalue weighted by Crippen LogP contribution is -2.27. The van der Waals surface area contributed by atoms with Crippen molar-refractivity contribution in [2.24, 2.45) is 12.8 Å². The Kier molecular flexibility index (Phi) is 2.84. The molecular weight excluding hydrogens is 218 g/mol. The van der Waals surface area contributed by atoms with Gasteiger partial charge in [0.2, 0.25) is 0 Å². The van der Waals surface area contributed by atoms with E-state index in [-0.39, 0.29) is 5.92 Å². The Bertz CT molecular complexity index is 560. The van der Waals surface area contributed by atoms with E-state index in [1.165, 1.54) is 0 Å². The van der Waals surface area contributed by atoms with Crippen LogP contribution in [0.3, 0.4) is 0 Å². The Hall–Kier alpha value is -1.53. The summed E-state index contributed by atoms with van der Waals surface area (Å²) < 4.78 is 1.73. The number of nitrogens with zero attached hydrogens (tertiary/aromatic N) is 4. The maximum Gasteiger partial charge on any atom is 0.126 e. The van der Waals surface area contributed by atoms with Crippen LogP contribution in [0.4, 0.5) is 0 Å². The van der Waals surface area contributed by atoms with Crippen LogP contribution in [0, 0.1) is 13.8 Å². The fourth-order valence-electron chi connectivity index (χ4n) is 1.96. The molecule has 2 atom stereocenters. The molecule has 17 heavy (non-hydrogen) atoms. The Balaban J connectivity index is 2.77. The molecule has 0 radical (unpaired) electrons. The number of aromatic nitrogens is 4. The highest BCUT2D eigenvalue weighted by Crippen LogP contribution is 2.25. The average Bonchev–Trinajstić information content (AvgIpc) is 2.52. The highest BCUT2D eigenvalue weighted by Gasteiger charge is 2.21. The monoisotopic (exact) mass is 235 g/mol. The fourth-order valence-corrected chi connectivity index (χ4v) is 1.96. The summed E-state index contributed by atoms with van der Waals surface area (Å²) >= 11 is 0. The molecule has 0 aliphatic carbocycles. The molecule has 0 amide bonds. The van der Waals surface area contributed by atoms with Crippen LogP contribution in [0.5, 0.6) is 0 Å². The van der Waals surface area contributed by atoms with Crippen LogP contribution in [-0.2, 0) is 7.05 Å². The van der Waals surface area contributed by atoms with Gasteiger partial charge >= 0.3 is 0 Å². The lowest BCUT2D eigenvalue weighted by Gasteiger charge is -2.15. The van der Waals surface area contributed by atoms with E-state index in [0.717, 1.165) is 22.4 Å². The maximum absolute atomic E-state index is 9.51. The van der Waals surface area contributed by atoms with E-state index < -0.39 is 6.23 Å². The third-order valence-electron chi connectivity index (χ3n) is 2.93. The highest BCUT2D eigenvalue weighted by atomic mass is 16.3. The van der Waals surface area contributed by atoms with Gasteiger partial charge in [0.15, 0.2) is 0 Å². The predicted molar refractivity (Wildman–Crippen MR) is 64.4 cm³/mol. The molecular formula is C11H17N5O. The summed E-state index contributed by atoms with van der Waals surface area (Å²) in [7, 11) is 1.84. The molecule has 0 aromatic carbocycles. The van der Waals surface area contributed by atoms with Gasteiger partial charge in [-0.15, -0.1) is 0 Å². The molecule has 0 fully saturated rings. The van der Waals surface area contributed by atoms with Crippen LogP contribution in [0.1, 0.15) is 30.1 Å². The van der Waals surface area contributed by atoms with Crippen LogP contribution in [-0.4, -0.2) is 31.1 Å². The molecule has 0 saturated carbocycles. The topological polar surface area (TPSA) is 89.8 Å². The van der Waals surface area contributed by atoms with Crippen molar-refractivity contribution >= 4 is 11.0 Å². The minimum Gasteiger partial charge on any atom is -0.378 e. The molecule has 6 heteroatoms. The van der Waals surface area contributed by atoms with E-state index in [1.54, 1.807) is 4.68 Å². The van der Waals surface area contributed by atoms with Gasteiger partial charge in [-0.1, -0.05) is 6.92 Å². The smallest absolute Gasteiger partial charge is 0.126 e. The SMILES string of the molecule is Cc1nc(C(C)[C@H](N)O)c2c(n1)c(C)nn2C. The first-order valence-electron chi connectivity index (χ1n) is 5.53. The second-order valence-electron chi connectivity index (χ2n) is 4.34. The average molecular weight is 235 g/mol. The molecule has 2 aromatic heterocycles. The molecule has 0 aliphatic heterocycles. The van der Waals surface area contributed by atoms with Crippen LogP contribution < -0.4 is 5.73 Å². The molecule has 6 nitrogen and oxygen atoms in total. The predicted octanol–water partition coefficient (Wildman–Crippen LogP) is 0.361. The summed E-state index contributed by atoms with van der Waals surface area (Å²) in [6.07, 6.45) is -0.942. The Morgan fingerprint density at radius 3 is 2.53 bits per heavy atom. The zero-order chi connectivity index (χ0) is 12.7. The van der Waals surface area contributed by atoms with Crippen molar-refractivity contribution in [3.05, 3.63) is 17.2 Å². The van der Waals surface area contributed by atoms with Crippen LogP contribution in [0.25, 0.3) is 11.0 Å². The molecule has 3 N–H and O–H groups in total. The number of aliphatic hydroxyl groups is 1. The van der Waals surface area contributed by atoms with Crippen molar-refractivity contribution in [1.29, 1.82) is 0 Å². The van der Waals surface area contributed by atoms with Crippen molar-refractivity contribution in [3.63, 3.8) is 0 Å². The van der Waals surface area contributed by atoms with Crippen LogP contribution in [0.15, 0.2) is 0 Å². The number of aliphatic hydroxyl groups excluding tert-OH is 1. The molecule has 2 aromatic rings. The number of hydrogen-bond acceptors (Lipinski definition) is 5. The molecule has 2 heterocycles. The summed E-state index contributed by atoms with van der Waals surface area (Å²) in [5.41, 5.74) is 8.79. The van der Waals surface area contributed by atoms with Gasteiger partial charge in [-0.3, -0.25) is 4.68 Å². The van der Waals surface area contributed by atoms with Gasteiger partial charge in [-0.2, -0.15) is 5.10 Å². The van der Waals surface area contributed by atoms with Crippen molar-refractivity contribution in [3.8, 4) is 0 Å². The zero-order valence-electron chi connectivity index (χ0n) is 10.5. The quantitative estimate of drug-likeness (QED) is 0.733. The van der Waals surface area contributed by atoms with Gasteiger partial charge in [0.05, 0.1) is 11.4 Å². The van der Waals surface area contributed by atoms with Gasteiger partial charge in [-0.25, -0.2) is 9.97 Å². The molecule has 0 bridgehead atoms. The Labute approximate surface area is 99.5 Å². The Morgan fingerprint density at radius 1 is 1.29 bits per heavy atom. The number of aryl methyl sites for hydroxylation is 3. The van der Waals surface area contributed by atoms with Gasteiger partial charge in [-0.05, 0) is 13.8 Å². The third kappa shape index (κ3) is 1.89. The standard InChI is InChI=1S/C11H17N5O/c1-5(11(12)17)8-10-9(14-7(3)13-8)6(2)15-16(10)4/h5,11,17H,12H2,1-4H3/t5?,11-/m1/s1. The maximum atomic E-state index is 9.51. The largest absolute Gasteiger partial charge is 0.378 e. The summed E-state index contributed by atoms with van der Waals surface area (Å²) in [6, 6.07) is 0. The summed E-state index contributed by atoms with van der Waals surface area (Å²) in [5, 5.41) is 13.8. The zero-order valence-corrected chi connectivity index (χ0v) is 10.5. The molecule has 1 unspecified atom stereocenters. The van der Waals surface area contributed by atoms with Gasteiger partial charge in [0, 0.05) is 13.0 Å². The minimum absolute atomic E-state index is 0.256.